The third-order valence-electron chi connectivity index (χ3n) is 3.57. The monoisotopic (exact) mass is 258 g/mol. The van der Waals surface area contributed by atoms with Gasteiger partial charge in [-0.25, -0.2) is 0 Å². The van der Waals surface area contributed by atoms with Crippen LogP contribution in [0.5, 0.6) is 0 Å². The fraction of sp³-hybridized carbons (Fsp3) is 0.400. The van der Waals surface area contributed by atoms with Gasteiger partial charge in [-0.2, -0.15) is 11.3 Å². The van der Waals surface area contributed by atoms with Crippen LogP contribution in [0.2, 0.25) is 0 Å². The van der Waals surface area contributed by atoms with Crippen molar-refractivity contribution in [3.8, 4) is 0 Å². The SMILES string of the molecule is CC(Cc1ccsc1)NC1CCc2cccnc21. The van der Waals surface area contributed by atoms with Crippen molar-refractivity contribution in [2.45, 2.75) is 38.3 Å². The second kappa shape index (κ2) is 5.21. The van der Waals surface area contributed by atoms with E-state index in [0.717, 1.165) is 12.8 Å². The highest BCUT2D eigenvalue weighted by molar-refractivity contribution is 7.07. The van der Waals surface area contributed by atoms with Crippen molar-refractivity contribution in [2.24, 2.45) is 0 Å². The molecule has 0 saturated heterocycles. The molecule has 0 spiro atoms. The van der Waals surface area contributed by atoms with Gasteiger partial charge in [0.1, 0.15) is 0 Å². The number of nitrogens with zero attached hydrogens (tertiary/aromatic N) is 1. The van der Waals surface area contributed by atoms with Gasteiger partial charge in [-0.1, -0.05) is 6.07 Å². The molecular formula is C15H18N2S. The lowest BCUT2D eigenvalue weighted by Gasteiger charge is -2.19. The van der Waals surface area contributed by atoms with E-state index >= 15 is 0 Å². The van der Waals surface area contributed by atoms with Crippen LogP contribution in [0.15, 0.2) is 35.2 Å². The van der Waals surface area contributed by atoms with Crippen molar-refractivity contribution < 1.29 is 0 Å². The molecule has 2 atom stereocenters. The first kappa shape index (κ1) is 11.9. The summed E-state index contributed by atoms with van der Waals surface area (Å²) in [6, 6.07) is 7.39. The van der Waals surface area contributed by atoms with Gasteiger partial charge in [-0.3, -0.25) is 4.98 Å². The van der Waals surface area contributed by atoms with Crippen molar-refractivity contribution in [3.63, 3.8) is 0 Å². The maximum atomic E-state index is 4.53. The summed E-state index contributed by atoms with van der Waals surface area (Å²) in [5.41, 5.74) is 4.10. The van der Waals surface area contributed by atoms with Gasteiger partial charge in [-0.05, 0) is 60.2 Å². The molecule has 0 bridgehead atoms. The Morgan fingerprint density at radius 3 is 3.28 bits per heavy atom. The molecule has 1 aliphatic rings. The highest BCUT2D eigenvalue weighted by Gasteiger charge is 2.24. The molecule has 0 radical (unpaired) electrons. The van der Waals surface area contributed by atoms with E-state index in [1.807, 2.05) is 12.3 Å². The number of nitrogens with one attached hydrogen (secondary N) is 1. The van der Waals surface area contributed by atoms with Crippen LogP contribution < -0.4 is 5.32 Å². The first-order chi connectivity index (χ1) is 8.83. The van der Waals surface area contributed by atoms with Gasteiger partial charge in [-0.15, -0.1) is 0 Å². The van der Waals surface area contributed by atoms with Gasteiger partial charge in [0.2, 0.25) is 0 Å². The number of aryl methyl sites for hydroxylation is 1. The first-order valence-corrected chi connectivity index (χ1v) is 7.48. The standard InChI is InChI=1S/C15H18N2S/c1-11(9-12-6-8-18-10-12)17-14-5-4-13-3-2-7-16-15(13)14/h2-3,6-8,10-11,14,17H,4-5,9H2,1H3. The van der Waals surface area contributed by atoms with Gasteiger partial charge >= 0.3 is 0 Å². The Hall–Kier alpha value is -1.19. The smallest absolute Gasteiger partial charge is 0.0605 e. The summed E-state index contributed by atoms with van der Waals surface area (Å²) in [6.45, 7) is 2.26. The van der Waals surface area contributed by atoms with Gasteiger partial charge in [0.15, 0.2) is 0 Å². The molecule has 0 amide bonds. The Morgan fingerprint density at radius 1 is 1.50 bits per heavy atom. The lowest BCUT2D eigenvalue weighted by molar-refractivity contribution is 0.445. The largest absolute Gasteiger partial charge is 0.306 e. The van der Waals surface area contributed by atoms with Gasteiger partial charge < -0.3 is 5.32 Å². The molecule has 0 aromatic carbocycles. The summed E-state index contributed by atoms with van der Waals surface area (Å²) in [7, 11) is 0. The van der Waals surface area contributed by atoms with E-state index < -0.39 is 0 Å². The zero-order chi connectivity index (χ0) is 12.4. The molecule has 1 N–H and O–H groups in total. The summed E-state index contributed by atoms with van der Waals surface area (Å²) in [5.74, 6) is 0. The quantitative estimate of drug-likeness (QED) is 0.909. The predicted molar refractivity (Wildman–Crippen MR) is 75.9 cm³/mol. The average molecular weight is 258 g/mol. The average Bonchev–Trinajstić information content (AvgIpc) is 3.00. The van der Waals surface area contributed by atoms with Crippen LogP contribution in [0, 0.1) is 0 Å². The molecule has 2 unspecified atom stereocenters. The lowest BCUT2D eigenvalue weighted by Crippen LogP contribution is -2.31. The molecule has 0 aliphatic heterocycles. The summed E-state index contributed by atoms with van der Waals surface area (Å²) in [6.07, 6.45) is 5.34. The highest BCUT2D eigenvalue weighted by atomic mass is 32.1. The van der Waals surface area contributed by atoms with Gasteiger partial charge in [0.05, 0.1) is 11.7 Å². The zero-order valence-electron chi connectivity index (χ0n) is 10.6. The zero-order valence-corrected chi connectivity index (χ0v) is 11.4. The summed E-state index contributed by atoms with van der Waals surface area (Å²) >= 11 is 1.77. The molecule has 2 heterocycles. The molecule has 1 aliphatic carbocycles. The van der Waals surface area contributed by atoms with Crippen molar-refractivity contribution in [3.05, 3.63) is 52.0 Å². The number of pyridine rings is 1. The minimum atomic E-state index is 0.440. The van der Waals surface area contributed by atoms with Crippen molar-refractivity contribution in [1.29, 1.82) is 0 Å². The highest BCUT2D eigenvalue weighted by Crippen LogP contribution is 2.29. The third kappa shape index (κ3) is 2.47. The summed E-state index contributed by atoms with van der Waals surface area (Å²) in [4.78, 5) is 4.53. The van der Waals surface area contributed by atoms with E-state index in [0.29, 0.717) is 12.1 Å². The minimum Gasteiger partial charge on any atom is -0.306 e. The molecule has 0 fully saturated rings. The number of aromatic nitrogens is 1. The number of rotatable bonds is 4. The molecule has 3 heteroatoms. The van der Waals surface area contributed by atoms with Crippen molar-refractivity contribution in [2.75, 3.05) is 0 Å². The Balaban J connectivity index is 1.64. The Labute approximate surface area is 112 Å². The van der Waals surface area contributed by atoms with E-state index in [9.17, 15) is 0 Å². The van der Waals surface area contributed by atoms with Crippen LogP contribution in [-0.2, 0) is 12.8 Å². The third-order valence-corrected chi connectivity index (χ3v) is 4.30. The number of hydrogen-bond donors (Lipinski definition) is 1. The molecule has 3 rings (SSSR count). The Bertz CT molecular complexity index is 507. The van der Waals surface area contributed by atoms with E-state index in [1.165, 1.54) is 23.2 Å². The molecule has 2 aromatic rings. The van der Waals surface area contributed by atoms with Crippen LogP contribution >= 0.6 is 11.3 Å². The van der Waals surface area contributed by atoms with Gasteiger partial charge in [0.25, 0.3) is 0 Å². The number of thiophene rings is 1. The Kier molecular flexibility index (Phi) is 3.43. The molecule has 94 valence electrons. The Morgan fingerprint density at radius 2 is 2.44 bits per heavy atom. The molecule has 18 heavy (non-hydrogen) atoms. The molecule has 2 nitrogen and oxygen atoms in total. The summed E-state index contributed by atoms with van der Waals surface area (Å²) < 4.78 is 0. The fourth-order valence-electron chi connectivity index (χ4n) is 2.74. The van der Waals surface area contributed by atoms with Crippen LogP contribution in [0.3, 0.4) is 0 Å². The molecular weight excluding hydrogens is 240 g/mol. The first-order valence-electron chi connectivity index (χ1n) is 6.54. The number of fused-ring (bicyclic) bond motifs is 1. The van der Waals surface area contributed by atoms with Crippen LogP contribution in [-0.4, -0.2) is 11.0 Å². The van der Waals surface area contributed by atoms with Crippen LogP contribution in [0.4, 0.5) is 0 Å². The fourth-order valence-corrected chi connectivity index (χ4v) is 3.42. The predicted octanol–water partition coefficient (Wildman–Crippen LogP) is 3.35. The van der Waals surface area contributed by atoms with Crippen molar-refractivity contribution in [1.82, 2.24) is 10.3 Å². The molecule has 0 saturated carbocycles. The second-order valence-corrected chi connectivity index (χ2v) is 5.82. The van der Waals surface area contributed by atoms with Gasteiger partial charge in [0, 0.05) is 12.2 Å². The van der Waals surface area contributed by atoms with E-state index in [2.05, 4.69) is 40.1 Å². The van der Waals surface area contributed by atoms with E-state index in [1.54, 1.807) is 11.3 Å². The normalized spacial score (nSPS) is 19.7. The van der Waals surface area contributed by atoms with Crippen LogP contribution in [0.1, 0.15) is 36.2 Å². The van der Waals surface area contributed by atoms with Crippen LogP contribution in [0.25, 0.3) is 0 Å². The summed E-state index contributed by atoms with van der Waals surface area (Å²) in [5, 5.41) is 8.10. The molecule has 2 aromatic heterocycles. The maximum absolute atomic E-state index is 4.53. The minimum absolute atomic E-state index is 0.440. The maximum Gasteiger partial charge on any atom is 0.0605 e. The van der Waals surface area contributed by atoms with E-state index in [-0.39, 0.29) is 0 Å². The van der Waals surface area contributed by atoms with Crippen molar-refractivity contribution >= 4 is 11.3 Å². The number of hydrogen-bond acceptors (Lipinski definition) is 3. The topological polar surface area (TPSA) is 24.9 Å². The second-order valence-electron chi connectivity index (χ2n) is 5.04. The van der Waals surface area contributed by atoms with E-state index in [4.69, 9.17) is 0 Å². The lowest BCUT2D eigenvalue weighted by atomic mass is 10.1.